The van der Waals surface area contributed by atoms with Gasteiger partial charge < -0.3 is 20.3 Å². The summed E-state index contributed by atoms with van der Waals surface area (Å²) in [5, 5.41) is 6.98. The van der Waals surface area contributed by atoms with Crippen LogP contribution in [0, 0.1) is 12.8 Å². The van der Waals surface area contributed by atoms with Crippen molar-refractivity contribution in [2.45, 2.75) is 45.2 Å². The Balaban J connectivity index is 1.22. The predicted molar refractivity (Wildman–Crippen MR) is 120 cm³/mol. The first-order valence-corrected chi connectivity index (χ1v) is 10.9. The number of nitrogens with zero attached hydrogens (tertiary/aromatic N) is 4. The summed E-state index contributed by atoms with van der Waals surface area (Å²) in [7, 11) is 1.82. The van der Waals surface area contributed by atoms with Crippen molar-refractivity contribution in [1.29, 1.82) is 0 Å². The number of aliphatic imine (C=N–C) groups is 1. The van der Waals surface area contributed by atoms with Gasteiger partial charge in [0.05, 0.1) is 6.61 Å². The summed E-state index contributed by atoms with van der Waals surface area (Å²) in [6, 6.07) is 8.67. The maximum absolute atomic E-state index is 5.78. The molecule has 0 atom stereocenters. The van der Waals surface area contributed by atoms with Crippen LogP contribution in [0.1, 0.15) is 36.8 Å². The molecule has 2 aromatic rings. The zero-order valence-corrected chi connectivity index (χ0v) is 18.0. The molecule has 2 aromatic heterocycles. The van der Waals surface area contributed by atoms with E-state index in [0.29, 0.717) is 18.5 Å². The second kappa shape index (κ2) is 9.78. The first-order valence-electron chi connectivity index (χ1n) is 10.9. The minimum atomic E-state index is 0.410. The van der Waals surface area contributed by atoms with E-state index in [-0.39, 0.29) is 0 Å². The van der Waals surface area contributed by atoms with E-state index in [1.165, 1.54) is 18.4 Å². The SMILES string of the molecule is CN=C(NCc1ccnc(OCC2CC2)c1)NC1CCN(c2ccc(C)cn2)CC1. The van der Waals surface area contributed by atoms with Gasteiger partial charge in [0.15, 0.2) is 5.96 Å². The Hall–Kier alpha value is -2.83. The van der Waals surface area contributed by atoms with Crippen LogP contribution in [0.2, 0.25) is 0 Å². The van der Waals surface area contributed by atoms with Crippen LogP contribution in [-0.2, 0) is 6.54 Å². The summed E-state index contributed by atoms with van der Waals surface area (Å²) in [6.45, 7) is 5.53. The van der Waals surface area contributed by atoms with Gasteiger partial charge in [0.25, 0.3) is 0 Å². The number of hydrogen-bond donors (Lipinski definition) is 2. The zero-order valence-electron chi connectivity index (χ0n) is 18.0. The molecule has 1 aliphatic carbocycles. The molecular weight excluding hydrogens is 376 g/mol. The molecule has 160 valence electrons. The highest BCUT2D eigenvalue weighted by Gasteiger charge is 2.22. The minimum absolute atomic E-state index is 0.410. The quantitative estimate of drug-likeness (QED) is 0.542. The molecule has 0 bridgehead atoms. The van der Waals surface area contributed by atoms with Gasteiger partial charge in [-0.05, 0) is 61.8 Å². The van der Waals surface area contributed by atoms with Crippen molar-refractivity contribution in [2.75, 3.05) is 31.6 Å². The Morgan fingerprint density at radius 3 is 2.70 bits per heavy atom. The van der Waals surface area contributed by atoms with E-state index < -0.39 is 0 Å². The smallest absolute Gasteiger partial charge is 0.213 e. The lowest BCUT2D eigenvalue weighted by Crippen LogP contribution is -2.48. The van der Waals surface area contributed by atoms with Gasteiger partial charge in [0.2, 0.25) is 5.88 Å². The molecule has 2 fully saturated rings. The number of ether oxygens (including phenoxy) is 1. The van der Waals surface area contributed by atoms with E-state index >= 15 is 0 Å². The molecule has 2 N–H and O–H groups in total. The number of guanidine groups is 1. The van der Waals surface area contributed by atoms with Crippen LogP contribution in [0.4, 0.5) is 5.82 Å². The molecule has 0 spiro atoms. The van der Waals surface area contributed by atoms with Gasteiger partial charge in [-0.2, -0.15) is 0 Å². The lowest BCUT2D eigenvalue weighted by molar-refractivity contribution is 0.288. The molecule has 1 saturated heterocycles. The minimum Gasteiger partial charge on any atom is -0.477 e. The van der Waals surface area contributed by atoms with E-state index in [9.17, 15) is 0 Å². The van der Waals surface area contributed by atoms with Crippen molar-refractivity contribution < 1.29 is 4.74 Å². The van der Waals surface area contributed by atoms with E-state index in [2.05, 4.69) is 49.6 Å². The Morgan fingerprint density at radius 2 is 2.00 bits per heavy atom. The lowest BCUT2D eigenvalue weighted by atomic mass is 10.1. The third-order valence-electron chi connectivity index (χ3n) is 5.70. The zero-order chi connectivity index (χ0) is 20.8. The molecule has 0 unspecified atom stereocenters. The molecule has 1 saturated carbocycles. The summed E-state index contributed by atoms with van der Waals surface area (Å²) < 4.78 is 5.78. The van der Waals surface area contributed by atoms with Crippen LogP contribution in [0.15, 0.2) is 41.7 Å². The standard InChI is InChI=1S/C23H32N6O/c1-17-3-6-21(26-14-17)29-11-8-20(9-12-29)28-23(24-2)27-15-19-7-10-25-22(13-19)30-16-18-4-5-18/h3,6-7,10,13-14,18,20H,4-5,8-9,11-12,15-16H2,1-2H3,(H2,24,27,28). The van der Waals surface area contributed by atoms with Crippen LogP contribution in [0.5, 0.6) is 5.88 Å². The van der Waals surface area contributed by atoms with Gasteiger partial charge in [-0.25, -0.2) is 9.97 Å². The maximum Gasteiger partial charge on any atom is 0.213 e. The highest BCUT2D eigenvalue weighted by atomic mass is 16.5. The largest absolute Gasteiger partial charge is 0.477 e. The summed E-state index contributed by atoms with van der Waals surface area (Å²) in [4.78, 5) is 15.6. The van der Waals surface area contributed by atoms with E-state index in [1.807, 2.05) is 31.6 Å². The Labute approximate surface area is 179 Å². The van der Waals surface area contributed by atoms with Crippen LogP contribution < -0.4 is 20.3 Å². The fourth-order valence-electron chi connectivity index (χ4n) is 3.60. The first-order chi connectivity index (χ1) is 14.7. The molecule has 0 aromatic carbocycles. The molecule has 0 amide bonds. The Kier molecular flexibility index (Phi) is 6.67. The van der Waals surface area contributed by atoms with Gasteiger partial charge in [-0.1, -0.05) is 6.07 Å². The number of nitrogens with one attached hydrogen (secondary N) is 2. The molecule has 1 aliphatic heterocycles. The molecule has 0 radical (unpaired) electrons. The van der Waals surface area contributed by atoms with Crippen molar-refractivity contribution in [3.63, 3.8) is 0 Å². The van der Waals surface area contributed by atoms with Crippen molar-refractivity contribution in [1.82, 2.24) is 20.6 Å². The number of hydrogen-bond acceptors (Lipinski definition) is 5. The number of pyridine rings is 2. The van der Waals surface area contributed by atoms with Gasteiger partial charge in [0, 0.05) is 51.2 Å². The molecule has 2 aliphatic rings. The van der Waals surface area contributed by atoms with Gasteiger partial charge in [-0.3, -0.25) is 4.99 Å². The highest BCUT2D eigenvalue weighted by Crippen LogP contribution is 2.29. The second-order valence-corrected chi connectivity index (χ2v) is 8.28. The average Bonchev–Trinajstić information content (AvgIpc) is 3.61. The fourth-order valence-corrected chi connectivity index (χ4v) is 3.60. The average molecular weight is 409 g/mol. The van der Waals surface area contributed by atoms with Crippen LogP contribution >= 0.6 is 0 Å². The molecule has 4 rings (SSSR count). The van der Waals surface area contributed by atoms with Crippen LogP contribution in [-0.4, -0.2) is 48.7 Å². The third-order valence-corrected chi connectivity index (χ3v) is 5.70. The normalized spacial score (nSPS) is 17.7. The van der Waals surface area contributed by atoms with Crippen molar-refractivity contribution >= 4 is 11.8 Å². The third kappa shape index (κ3) is 5.84. The predicted octanol–water partition coefficient (Wildman–Crippen LogP) is 2.91. The summed E-state index contributed by atoms with van der Waals surface area (Å²) in [6.07, 6.45) is 8.43. The van der Waals surface area contributed by atoms with Crippen LogP contribution in [0.3, 0.4) is 0 Å². The van der Waals surface area contributed by atoms with Crippen molar-refractivity contribution in [3.05, 3.63) is 47.8 Å². The number of anilines is 1. The maximum atomic E-state index is 5.78. The lowest BCUT2D eigenvalue weighted by Gasteiger charge is -2.33. The van der Waals surface area contributed by atoms with Crippen molar-refractivity contribution in [3.8, 4) is 5.88 Å². The number of aryl methyl sites for hydroxylation is 1. The molecule has 7 heteroatoms. The topological polar surface area (TPSA) is 74.7 Å². The first kappa shape index (κ1) is 20.4. The summed E-state index contributed by atoms with van der Waals surface area (Å²) in [5.74, 6) is 3.34. The number of piperidine rings is 1. The number of aromatic nitrogens is 2. The molecule has 30 heavy (non-hydrogen) atoms. The van der Waals surface area contributed by atoms with E-state index in [0.717, 1.165) is 55.8 Å². The van der Waals surface area contributed by atoms with Crippen LogP contribution in [0.25, 0.3) is 0 Å². The van der Waals surface area contributed by atoms with E-state index in [1.54, 1.807) is 0 Å². The van der Waals surface area contributed by atoms with Gasteiger partial charge in [-0.15, -0.1) is 0 Å². The molecule has 3 heterocycles. The Morgan fingerprint density at radius 1 is 1.17 bits per heavy atom. The molecule has 7 nitrogen and oxygen atoms in total. The van der Waals surface area contributed by atoms with Crippen molar-refractivity contribution in [2.24, 2.45) is 10.9 Å². The number of rotatable bonds is 7. The van der Waals surface area contributed by atoms with E-state index in [4.69, 9.17) is 4.74 Å². The Bertz CT molecular complexity index is 841. The monoisotopic (exact) mass is 408 g/mol. The van der Waals surface area contributed by atoms with Gasteiger partial charge in [0.1, 0.15) is 5.82 Å². The summed E-state index contributed by atoms with van der Waals surface area (Å²) in [5.41, 5.74) is 2.33. The molecular formula is C23H32N6O. The fraction of sp³-hybridized carbons (Fsp3) is 0.522. The second-order valence-electron chi connectivity index (χ2n) is 8.28. The van der Waals surface area contributed by atoms with Gasteiger partial charge >= 0.3 is 0 Å². The highest BCUT2D eigenvalue weighted by molar-refractivity contribution is 5.80. The summed E-state index contributed by atoms with van der Waals surface area (Å²) >= 11 is 0.